The molecule has 7 heteroatoms. The van der Waals surface area contributed by atoms with E-state index in [2.05, 4.69) is 46.2 Å². The molecule has 0 unspecified atom stereocenters. The minimum atomic E-state index is 0.190. The Morgan fingerprint density at radius 3 is 2.80 bits per heavy atom. The van der Waals surface area contributed by atoms with Crippen molar-refractivity contribution < 1.29 is 4.74 Å². The molecule has 0 aliphatic rings. The maximum atomic E-state index is 5.46. The van der Waals surface area contributed by atoms with Gasteiger partial charge in [-0.25, -0.2) is 14.6 Å². The van der Waals surface area contributed by atoms with E-state index in [9.17, 15) is 0 Å². The fraction of sp³-hybridized carbons (Fsp3) is 0.278. The van der Waals surface area contributed by atoms with Crippen LogP contribution < -0.4 is 10.1 Å². The highest BCUT2D eigenvalue weighted by molar-refractivity contribution is 6.01. The van der Waals surface area contributed by atoms with Crippen molar-refractivity contribution in [2.24, 2.45) is 0 Å². The number of fused-ring (bicyclic) bond motifs is 2. The lowest BCUT2D eigenvalue weighted by molar-refractivity contribution is 0.419. The molecule has 128 valence electrons. The van der Waals surface area contributed by atoms with E-state index < -0.39 is 0 Å². The first-order chi connectivity index (χ1) is 12.1. The highest BCUT2D eigenvalue weighted by Crippen LogP contribution is 2.35. The van der Waals surface area contributed by atoms with Crippen LogP contribution in [0.25, 0.3) is 33.3 Å². The molecule has 0 spiro atoms. The van der Waals surface area contributed by atoms with Crippen LogP contribution in [-0.2, 0) is 0 Å². The molecule has 4 rings (SSSR count). The highest BCUT2D eigenvalue weighted by Gasteiger charge is 2.20. The predicted molar refractivity (Wildman–Crippen MR) is 99.1 cm³/mol. The summed E-state index contributed by atoms with van der Waals surface area (Å²) in [5, 5.41) is 9.95. The molecule has 1 aromatic carbocycles. The van der Waals surface area contributed by atoms with Gasteiger partial charge in [0.15, 0.2) is 5.65 Å². The standard InChI is InChI=1S/C18H20N6O/c1-10(2)24-18-14(17(19-3)20-9-21-18)16(23-24)12-8-11-6-5-7-13(25-4)15(11)22-12/h5-10,22H,1-4H3,(H,19,20,21). The summed E-state index contributed by atoms with van der Waals surface area (Å²) in [6.07, 6.45) is 1.56. The molecule has 0 atom stereocenters. The molecule has 4 aromatic rings. The van der Waals surface area contributed by atoms with Crippen molar-refractivity contribution >= 4 is 27.8 Å². The summed E-state index contributed by atoms with van der Waals surface area (Å²) in [5.41, 5.74) is 3.51. The van der Waals surface area contributed by atoms with Gasteiger partial charge >= 0.3 is 0 Å². The Hall–Kier alpha value is -3.09. The van der Waals surface area contributed by atoms with Gasteiger partial charge in [-0.1, -0.05) is 12.1 Å². The van der Waals surface area contributed by atoms with Crippen LogP contribution in [0, 0.1) is 0 Å². The number of methoxy groups -OCH3 is 1. The molecule has 3 aromatic heterocycles. The van der Waals surface area contributed by atoms with Gasteiger partial charge < -0.3 is 15.0 Å². The van der Waals surface area contributed by atoms with E-state index in [1.54, 1.807) is 13.4 Å². The van der Waals surface area contributed by atoms with Crippen LogP contribution in [-0.4, -0.2) is 38.9 Å². The predicted octanol–water partition coefficient (Wildman–Crippen LogP) is 3.61. The molecule has 0 saturated carbocycles. The van der Waals surface area contributed by atoms with Crippen LogP contribution in [0.15, 0.2) is 30.6 Å². The van der Waals surface area contributed by atoms with Crippen LogP contribution in [0.1, 0.15) is 19.9 Å². The summed E-state index contributed by atoms with van der Waals surface area (Å²) in [6, 6.07) is 8.24. The number of para-hydroxylation sites is 1. The van der Waals surface area contributed by atoms with Crippen molar-refractivity contribution in [2.45, 2.75) is 19.9 Å². The summed E-state index contributed by atoms with van der Waals surface area (Å²) >= 11 is 0. The molecule has 0 amide bonds. The van der Waals surface area contributed by atoms with Crippen molar-refractivity contribution in [3.05, 3.63) is 30.6 Å². The number of H-pyrrole nitrogens is 1. The van der Waals surface area contributed by atoms with Gasteiger partial charge in [0.2, 0.25) is 0 Å². The molecule has 3 heterocycles. The summed E-state index contributed by atoms with van der Waals surface area (Å²) in [5.74, 6) is 1.57. The second-order valence-corrected chi connectivity index (χ2v) is 6.17. The number of aromatic amines is 1. The number of nitrogens with zero attached hydrogens (tertiary/aromatic N) is 4. The molecule has 7 nitrogen and oxygen atoms in total. The first-order valence-electron chi connectivity index (χ1n) is 8.21. The Balaban J connectivity index is 2.04. The zero-order chi connectivity index (χ0) is 17.6. The van der Waals surface area contributed by atoms with Gasteiger partial charge in [0.25, 0.3) is 0 Å². The van der Waals surface area contributed by atoms with Gasteiger partial charge in [0, 0.05) is 18.5 Å². The Morgan fingerprint density at radius 2 is 2.08 bits per heavy atom. The largest absolute Gasteiger partial charge is 0.495 e. The third kappa shape index (κ3) is 2.31. The number of hydrogen-bond acceptors (Lipinski definition) is 5. The van der Waals surface area contributed by atoms with E-state index in [0.717, 1.165) is 44.9 Å². The Kier molecular flexibility index (Phi) is 3.56. The normalized spacial score (nSPS) is 11.6. The first-order valence-corrected chi connectivity index (χ1v) is 8.21. The minimum Gasteiger partial charge on any atom is -0.495 e. The van der Waals surface area contributed by atoms with Crippen LogP contribution in [0.2, 0.25) is 0 Å². The maximum absolute atomic E-state index is 5.46. The molecule has 25 heavy (non-hydrogen) atoms. The molecule has 0 aliphatic heterocycles. The van der Waals surface area contributed by atoms with E-state index in [1.165, 1.54) is 0 Å². The van der Waals surface area contributed by atoms with Crippen LogP contribution in [0.5, 0.6) is 5.75 Å². The van der Waals surface area contributed by atoms with Crippen molar-refractivity contribution in [1.29, 1.82) is 0 Å². The molecule has 0 radical (unpaired) electrons. The zero-order valence-corrected chi connectivity index (χ0v) is 14.7. The molecule has 0 aliphatic carbocycles. The molecular formula is C18H20N6O. The maximum Gasteiger partial charge on any atom is 0.164 e. The van der Waals surface area contributed by atoms with Gasteiger partial charge in [0.05, 0.1) is 23.7 Å². The van der Waals surface area contributed by atoms with Crippen LogP contribution in [0.4, 0.5) is 5.82 Å². The van der Waals surface area contributed by atoms with Gasteiger partial charge in [-0.05, 0) is 26.0 Å². The lowest BCUT2D eigenvalue weighted by Crippen LogP contribution is -2.04. The molecule has 0 fully saturated rings. The second kappa shape index (κ2) is 5.77. The number of benzene rings is 1. The number of anilines is 1. The third-order valence-electron chi connectivity index (χ3n) is 4.31. The van der Waals surface area contributed by atoms with Gasteiger partial charge in [-0.3, -0.25) is 0 Å². The van der Waals surface area contributed by atoms with Crippen LogP contribution in [0.3, 0.4) is 0 Å². The fourth-order valence-corrected chi connectivity index (χ4v) is 3.14. The summed E-state index contributed by atoms with van der Waals surface area (Å²) in [4.78, 5) is 12.3. The summed E-state index contributed by atoms with van der Waals surface area (Å²) in [6.45, 7) is 4.18. The number of hydrogen-bond donors (Lipinski definition) is 2. The lowest BCUT2D eigenvalue weighted by Gasteiger charge is -2.06. The Morgan fingerprint density at radius 1 is 1.24 bits per heavy atom. The second-order valence-electron chi connectivity index (χ2n) is 6.17. The van der Waals surface area contributed by atoms with Crippen molar-refractivity contribution in [2.75, 3.05) is 19.5 Å². The average Bonchev–Trinajstić information content (AvgIpc) is 3.22. The van der Waals surface area contributed by atoms with Gasteiger partial charge in [-0.15, -0.1) is 0 Å². The van der Waals surface area contributed by atoms with Crippen molar-refractivity contribution in [3.63, 3.8) is 0 Å². The fourth-order valence-electron chi connectivity index (χ4n) is 3.14. The molecular weight excluding hydrogens is 316 g/mol. The van der Waals surface area contributed by atoms with E-state index in [0.29, 0.717) is 0 Å². The first kappa shape index (κ1) is 15.4. The smallest absolute Gasteiger partial charge is 0.164 e. The van der Waals surface area contributed by atoms with Gasteiger partial charge in [-0.2, -0.15) is 5.10 Å². The van der Waals surface area contributed by atoms with E-state index in [1.807, 2.05) is 23.9 Å². The monoisotopic (exact) mass is 336 g/mol. The quantitative estimate of drug-likeness (QED) is 0.595. The third-order valence-corrected chi connectivity index (χ3v) is 4.31. The van der Waals surface area contributed by atoms with Crippen molar-refractivity contribution in [1.82, 2.24) is 24.7 Å². The number of ether oxygens (including phenoxy) is 1. The highest BCUT2D eigenvalue weighted by atomic mass is 16.5. The number of aromatic nitrogens is 5. The van der Waals surface area contributed by atoms with Gasteiger partial charge in [0.1, 0.15) is 23.6 Å². The summed E-state index contributed by atoms with van der Waals surface area (Å²) in [7, 11) is 3.53. The van der Waals surface area contributed by atoms with Crippen molar-refractivity contribution in [3.8, 4) is 17.1 Å². The molecule has 0 bridgehead atoms. The molecule has 2 N–H and O–H groups in total. The van der Waals surface area contributed by atoms with E-state index in [-0.39, 0.29) is 6.04 Å². The van der Waals surface area contributed by atoms with Crippen LogP contribution >= 0.6 is 0 Å². The summed E-state index contributed by atoms with van der Waals surface area (Å²) < 4.78 is 7.39. The zero-order valence-electron chi connectivity index (χ0n) is 14.7. The topological polar surface area (TPSA) is 80.7 Å². The number of rotatable bonds is 4. The van der Waals surface area contributed by atoms with E-state index in [4.69, 9.17) is 9.84 Å². The molecule has 0 saturated heterocycles. The average molecular weight is 336 g/mol. The number of nitrogens with one attached hydrogen (secondary N) is 2. The lowest BCUT2D eigenvalue weighted by atomic mass is 10.2. The minimum absolute atomic E-state index is 0.190. The SMILES string of the molecule is CNc1ncnc2c1c(-c1cc3cccc(OC)c3[nH]1)nn2C(C)C. The van der Waals surface area contributed by atoms with E-state index >= 15 is 0 Å². The Bertz CT molecular complexity index is 1060. The Labute approximate surface area is 145 Å².